The van der Waals surface area contributed by atoms with Crippen LogP contribution in [0.15, 0.2) is 29.3 Å². The molecule has 1 fully saturated rings. The van der Waals surface area contributed by atoms with Gasteiger partial charge in [0.2, 0.25) is 0 Å². The fraction of sp³-hybridized carbons (Fsp3) is 0.529. The molecule has 1 aromatic rings. The summed E-state index contributed by atoms with van der Waals surface area (Å²) in [5.41, 5.74) is 7.83. The number of amides is 1. The summed E-state index contributed by atoms with van der Waals surface area (Å²) < 4.78 is 0. The minimum atomic E-state index is -0.0402. The molecule has 1 aliphatic rings. The quantitative estimate of drug-likeness (QED) is 0.661. The van der Waals surface area contributed by atoms with Gasteiger partial charge in [-0.05, 0) is 37.5 Å². The number of nitrogens with zero attached hydrogens (tertiary/aromatic N) is 2. The fourth-order valence-corrected chi connectivity index (χ4v) is 2.60. The Morgan fingerprint density at radius 1 is 1.18 bits per heavy atom. The number of aliphatic imine (C=N–C) groups is 1. The summed E-state index contributed by atoms with van der Waals surface area (Å²) in [6, 6.07) is 7.53. The third-order valence-electron chi connectivity index (χ3n) is 3.91. The van der Waals surface area contributed by atoms with Crippen LogP contribution in [0.5, 0.6) is 0 Å². The van der Waals surface area contributed by atoms with E-state index in [4.69, 9.17) is 5.73 Å². The molecule has 22 heavy (non-hydrogen) atoms. The van der Waals surface area contributed by atoms with Gasteiger partial charge in [0.15, 0.2) is 5.96 Å². The molecular weight excluding hydrogens is 276 g/mol. The van der Waals surface area contributed by atoms with Gasteiger partial charge in [-0.15, -0.1) is 0 Å². The summed E-state index contributed by atoms with van der Waals surface area (Å²) in [6.45, 7) is 5.11. The molecule has 5 nitrogen and oxygen atoms in total. The number of nitrogens with one attached hydrogen (secondary N) is 1. The number of carbonyl (C=O) groups is 1. The van der Waals surface area contributed by atoms with Crippen LogP contribution in [-0.2, 0) is 6.54 Å². The van der Waals surface area contributed by atoms with Gasteiger partial charge in [0.05, 0.1) is 6.54 Å². The van der Waals surface area contributed by atoms with Crippen LogP contribution in [0.4, 0.5) is 0 Å². The van der Waals surface area contributed by atoms with Crippen molar-refractivity contribution in [2.45, 2.75) is 39.2 Å². The van der Waals surface area contributed by atoms with Crippen molar-refractivity contribution in [3.05, 3.63) is 35.4 Å². The second-order valence-electron chi connectivity index (χ2n) is 5.63. The first kappa shape index (κ1) is 16.3. The number of likely N-dealkylation sites (tertiary alicyclic amines) is 1. The largest absolute Gasteiger partial charge is 0.370 e. The van der Waals surface area contributed by atoms with Gasteiger partial charge in [-0.1, -0.05) is 25.0 Å². The molecule has 0 aliphatic carbocycles. The van der Waals surface area contributed by atoms with Crippen molar-refractivity contribution in [3.63, 3.8) is 0 Å². The van der Waals surface area contributed by atoms with Gasteiger partial charge < -0.3 is 16.0 Å². The lowest BCUT2D eigenvalue weighted by Gasteiger charge is -2.21. The van der Waals surface area contributed by atoms with Crippen molar-refractivity contribution in [1.82, 2.24) is 10.2 Å². The van der Waals surface area contributed by atoms with Gasteiger partial charge in [0, 0.05) is 25.2 Å². The highest BCUT2D eigenvalue weighted by atomic mass is 16.1. The maximum absolute atomic E-state index is 11.7. The Hall–Kier alpha value is -2.04. The van der Waals surface area contributed by atoms with Crippen molar-refractivity contribution < 1.29 is 4.79 Å². The fourth-order valence-electron chi connectivity index (χ4n) is 2.60. The van der Waals surface area contributed by atoms with E-state index >= 15 is 0 Å². The van der Waals surface area contributed by atoms with Gasteiger partial charge in [0.25, 0.3) is 5.91 Å². The van der Waals surface area contributed by atoms with Crippen LogP contribution in [0, 0.1) is 0 Å². The second-order valence-corrected chi connectivity index (χ2v) is 5.63. The maximum atomic E-state index is 11.7. The summed E-state index contributed by atoms with van der Waals surface area (Å²) in [4.78, 5) is 18.4. The van der Waals surface area contributed by atoms with Crippen molar-refractivity contribution in [3.8, 4) is 0 Å². The van der Waals surface area contributed by atoms with Crippen LogP contribution in [-0.4, -0.2) is 36.4 Å². The highest BCUT2D eigenvalue weighted by Crippen LogP contribution is 2.10. The Bertz CT molecular complexity index is 502. The molecule has 0 aromatic heterocycles. The van der Waals surface area contributed by atoms with Crippen molar-refractivity contribution >= 4 is 11.9 Å². The first-order chi connectivity index (χ1) is 10.7. The molecule has 1 aliphatic heterocycles. The second kappa shape index (κ2) is 8.41. The highest BCUT2D eigenvalue weighted by Gasteiger charge is 2.10. The topological polar surface area (TPSA) is 70.7 Å². The first-order valence-corrected chi connectivity index (χ1v) is 8.12. The maximum Gasteiger partial charge on any atom is 0.251 e. The molecule has 0 atom stereocenters. The van der Waals surface area contributed by atoms with E-state index in [9.17, 15) is 4.79 Å². The first-order valence-electron chi connectivity index (χ1n) is 8.12. The standard InChI is InChI=1S/C17H26N4O/c1-2-19-16(22)15-9-7-14(8-10-15)13-20-17(18)21-11-5-3-4-6-12-21/h7-10H,2-6,11-13H2,1H3,(H2,18,20)(H,19,22). The zero-order valence-electron chi connectivity index (χ0n) is 13.3. The van der Waals surface area contributed by atoms with Gasteiger partial charge in [0.1, 0.15) is 0 Å². The molecule has 1 heterocycles. The minimum Gasteiger partial charge on any atom is -0.370 e. The average Bonchev–Trinajstić information content (AvgIpc) is 2.82. The molecule has 1 amide bonds. The Kier molecular flexibility index (Phi) is 6.25. The van der Waals surface area contributed by atoms with Crippen molar-refractivity contribution in [2.24, 2.45) is 10.7 Å². The normalized spacial score (nSPS) is 16.2. The Morgan fingerprint density at radius 3 is 2.41 bits per heavy atom. The molecular formula is C17H26N4O. The van der Waals surface area contributed by atoms with E-state index in [1.54, 1.807) is 0 Å². The molecule has 120 valence electrons. The van der Waals surface area contributed by atoms with E-state index in [2.05, 4.69) is 15.2 Å². The monoisotopic (exact) mass is 302 g/mol. The van der Waals surface area contributed by atoms with Gasteiger partial charge in [-0.3, -0.25) is 4.79 Å². The summed E-state index contributed by atoms with van der Waals surface area (Å²) >= 11 is 0. The lowest BCUT2D eigenvalue weighted by molar-refractivity contribution is 0.0956. The summed E-state index contributed by atoms with van der Waals surface area (Å²) in [5.74, 6) is 0.594. The summed E-state index contributed by atoms with van der Waals surface area (Å²) in [7, 11) is 0. The van der Waals surface area contributed by atoms with Crippen molar-refractivity contribution in [1.29, 1.82) is 0 Å². The highest BCUT2D eigenvalue weighted by molar-refractivity contribution is 5.94. The zero-order chi connectivity index (χ0) is 15.8. The molecule has 1 aromatic carbocycles. The van der Waals surface area contributed by atoms with Crippen LogP contribution in [0.25, 0.3) is 0 Å². The number of guanidine groups is 1. The van der Waals surface area contributed by atoms with Crippen LogP contribution < -0.4 is 11.1 Å². The average molecular weight is 302 g/mol. The number of benzene rings is 1. The van der Waals surface area contributed by atoms with Gasteiger partial charge in [-0.2, -0.15) is 0 Å². The van der Waals surface area contributed by atoms with Crippen LogP contribution in [0.1, 0.15) is 48.5 Å². The smallest absolute Gasteiger partial charge is 0.251 e. The Balaban J connectivity index is 1.92. The number of rotatable bonds is 4. The van der Waals surface area contributed by atoms with Gasteiger partial charge in [-0.25, -0.2) is 4.99 Å². The van der Waals surface area contributed by atoms with E-state index < -0.39 is 0 Å². The van der Waals surface area contributed by atoms with E-state index in [0.29, 0.717) is 24.6 Å². The van der Waals surface area contributed by atoms with E-state index in [1.807, 2.05) is 31.2 Å². The minimum absolute atomic E-state index is 0.0402. The molecule has 0 unspecified atom stereocenters. The summed E-state index contributed by atoms with van der Waals surface area (Å²) in [6.07, 6.45) is 4.95. The molecule has 2 rings (SSSR count). The molecule has 1 saturated heterocycles. The molecule has 0 bridgehead atoms. The van der Waals surface area contributed by atoms with Crippen molar-refractivity contribution in [2.75, 3.05) is 19.6 Å². The lowest BCUT2D eigenvalue weighted by atomic mass is 10.1. The van der Waals surface area contributed by atoms with Crippen LogP contribution >= 0.6 is 0 Å². The third-order valence-corrected chi connectivity index (χ3v) is 3.91. The molecule has 0 saturated carbocycles. The van der Waals surface area contributed by atoms with E-state index in [1.165, 1.54) is 25.7 Å². The van der Waals surface area contributed by atoms with E-state index in [0.717, 1.165) is 18.7 Å². The Morgan fingerprint density at radius 2 is 1.82 bits per heavy atom. The molecule has 3 N–H and O–H groups in total. The third kappa shape index (κ3) is 4.76. The number of hydrogen-bond donors (Lipinski definition) is 2. The number of carbonyl (C=O) groups excluding carboxylic acids is 1. The lowest BCUT2D eigenvalue weighted by Crippen LogP contribution is -2.38. The number of hydrogen-bond acceptors (Lipinski definition) is 2. The SMILES string of the molecule is CCNC(=O)c1ccc(CN=C(N)N2CCCCCC2)cc1. The molecule has 0 radical (unpaired) electrons. The zero-order valence-corrected chi connectivity index (χ0v) is 13.3. The predicted octanol–water partition coefficient (Wildman–Crippen LogP) is 2.13. The predicted molar refractivity (Wildman–Crippen MR) is 89.8 cm³/mol. The summed E-state index contributed by atoms with van der Waals surface area (Å²) in [5, 5.41) is 2.79. The molecule has 0 spiro atoms. The van der Waals surface area contributed by atoms with Crippen LogP contribution in [0.2, 0.25) is 0 Å². The molecule has 5 heteroatoms. The van der Waals surface area contributed by atoms with Gasteiger partial charge >= 0.3 is 0 Å². The number of nitrogens with two attached hydrogens (primary N) is 1. The van der Waals surface area contributed by atoms with E-state index in [-0.39, 0.29) is 5.91 Å². The Labute approximate surface area is 132 Å². The van der Waals surface area contributed by atoms with Crippen LogP contribution in [0.3, 0.4) is 0 Å².